The number of benzene rings is 2. The van der Waals surface area contributed by atoms with E-state index in [0.29, 0.717) is 57.2 Å². The van der Waals surface area contributed by atoms with E-state index in [4.69, 9.17) is 14.2 Å². The Morgan fingerprint density at radius 1 is 0.900 bits per heavy atom. The van der Waals surface area contributed by atoms with E-state index in [1.165, 1.54) is 0 Å². The minimum Gasteiger partial charge on any atom is -0.454 e. The van der Waals surface area contributed by atoms with E-state index >= 15 is 0 Å². The van der Waals surface area contributed by atoms with E-state index in [1.54, 1.807) is 16.2 Å². The van der Waals surface area contributed by atoms with Crippen LogP contribution >= 0.6 is 11.3 Å². The quantitative estimate of drug-likeness (QED) is 0.330. The van der Waals surface area contributed by atoms with Crippen LogP contribution < -0.4 is 9.47 Å². The van der Waals surface area contributed by atoms with Crippen LogP contribution in [0.5, 0.6) is 11.5 Å². The van der Waals surface area contributed by atoms with E-state index in [2.05, 4.69) is 23.3 Å². The van der Waals surface area contributed by atoms with Crippen molar-refractivity contribution in [1.29, 1.82) is 0 Å². The molecule has 0 aliphatic carbocycles. The van der Waals surface area contributed by atoms with Gasteiger partial charge in [-0.1, -0.05) is 36.4 Å². The van der Waals surface area contributed by atoms with E-state index in [0.717, 1.165) is 41.2 Å². The van der Waals surface area contributed by atoms with Gasteiger partial charge in [0, 0.05) is 44.0 Å². The summed E-state index contributed by atoms with van der Waals surface area (Å²) < 4.78 is 16.5. The molecule has 8 nitrogen and oxygen atoms in total. The second-order valence-electron chi connectivity index (χ2n) is 10.2. The molecule has 2 aliphatic rings. The summed E-state index contributed by atoms with van der Waals surface area (Å²) in [5.74, 6) is 1.34. The number of amides is 2. The zero-order chi connectivity index (χ0) is 27.7. The lowest BCUT2D eigenvalue weighted by molar-refractivity contribution is -0.141. The summed E-state index contributed by atoms with van der Waals surface area (Å²) in [7, 11) is 0. The third-order valence-electron chi connectivity index (χ3n) is 7.40. The van der Waals surface area contributed by atoms with Gasteiger partial charge in [-0.15, -0.1) is 11.3 Å². The molecule has 2 aliphatic heterocycles. The van der Waals surface area contributed by atoms with Gasteiger partial charge in [0.2, 0.25) is 18.6 Å². The number of fused-ring (bicyclic) bond motifs is 1. The lowest BCUT2D eigenvalue weighted by atomic mass is 10.1. The van der Waals surface area contributed by atoms with E-state index in [9.17, 15) is 9.59 Å². The Kier molecular flexibility index (Phi) is 9.70. The highest BCUT2D eigenvalue weighted by molar-refractivity contribution is 7.10. The highest BCUT2D eigenvalue weighted by Gasteiger charge is 2.24. The SMILES string of the molecule is Cc1ccsc1CN(Cc1ccc2c(c1)OCO2)C(=O)CN(CCN1CCOCC1)C(=O)CCc1ccccc1. The molecular weight excluding hydrogens is 526 g/mol. The molecule has 0 saturated carbocycles. The minimum atomic E-state index is -0.0690. The lowest BCUT2D eigenvalue weighted by Crippen LogP contribution is -2.47. The predicted octanol–water partition coefficient (Wildman–Crippen LogP) is 4.11. The van der Waals surface area contributed by atoms with Gasteiger partial charge in [0.1, 0.15) is 0 Å². The molecule has 0 radical (unpaired) electrons. The zero-order valence-electron chi connectivity index (χ0n) is 23.0. The topological polar surface area (TPSA) is 71.6 Å². The fourth-order valence-corrected chi connectivity index (χ4v) is 5.85. The summed E-state index contributed by atoms with van der Waals surface area (Å²) in [5.41, 5.74) is 3.24. The molecule has 212 valence electrons. The van der Waals surface area contributed by atoms with Gasteiger partial charge in [-0.3, -0.25) is 14.5 Å². The van der Waals surface area contributed by atoms with Gasteiger partial charge in [-0.05, 0) is 53.6 Å². The summed E-state index contributed by atoms with van der Waals surface area (Å²) in [6, 6.07) is 17.9. The van der Waals surface area contributed by atoms with E-state index in [1.807, 2.05) is 53.4 Å². The smallest absolute Gasteiger partial charge is 0.242 e. The Labute approximate surface area is 240 Å². The molecular formula is C31H37N3O5S. The van der Waals surface area contributed by atoms with Crippen LogP contribution in [0.15, 0.2) is 60.0 Å². The third kappa shape index (κ3) is 7.62. The van der Waals surface area contributed by atoms with Crippen molar-refractivity contribution in [1.82, 2.24) is 14.7 Å². The van der Waals surface area contributed by atoms with Gasteiger partial charge in [-0.2, -0.15) is 0 Å². The van der Waals surface area contributed by atoms with Gasteiger partial charge < -0.3 is 24.0 Å². The number of ether oxygens (including phenoxy) is 3. The van der Waals surface area contributed by atoms with Crippen LogP contribution in [0.1, 0.15) is 28.0 Å². The second kappa shape index (κ2) is 13.8. The summed E-state index contributed by atoms with van der Waals surface area (Å²) in [6.07, 6.45) is 1.02. The van der Waals surface area contributed by atoms with Crippen LogP contribution in [0, 0.1) is 6.92 Å². The maximum Gasteiger partial charge on any atom is 0.242 e. The average molecular weight is 564 g/mol. The largest absolute Gasteiger partial charge is 0.454 e. The molecule has 0 N–H and O–H groups in total. The second-order valence-corrected chi connectivity index (χ2v) is 11.2. The first kappa shape index (κ1) is 28.1. The van der Waals surface area contributed by atoms with Crippen LogP contribution in [0.2, 0.25) is 0 Å². The van der Waals surface area contributed by atoms with Crippen molar-refractivity contribution in [3.05, 3.63) is 81.5 Å². The van der Waals surface area contributed by atoms with Crippen molar-refractivity contribution in [2.75, 3.05) is 52.7 Å². The molecule has 1 saturated heterocycles. The minimum absolute atomic E-state index is 0.000737. The maximum absolute atomic E-state index is 13.9. The van der Waals surface area contributed by atoms with Gasteiger partial charge >= 0.3 is 0 Å². The summed E-state index contributed by atoms with van der Waals surface area (Å²) in [4.78, 5) is 34.4. The number of hydrogen-bond acceptors (Lipinski definition) is 7. The Balaban J connectivity index is 1.30. The maximum atomic E-state index is 13.9. The summed E-state index contributed by atoms with van der Waals surface area (Å²) in [5, 5.41) is 2.05. The molecule has 1 fully saturated rings. The van der Waals surface area contributed by atoms with Crippen molar-refractivity contribution < 1.29 is 23.8 Å². The molecule has 2 amide bonds. The molecule has 3 heterocycles. The van der Waals surface area contributed by atoms with Crippen molar-refractivity contribution in [3.63, 3.8) is 0 Å². The Morgan fingerprint density at radius 2 is 1.70 bits per heavy atom. The van der Waals surface area contributed by atoms with Crippen LogP contribution in [-0.2, 0) is 33.8 Å². The number of thiophene rings is 1. The Morgan fingerprint density at radius 3 is 2.48 bits per heavy atom. The fourth-order valence-electron chi connectivity index (χ4n) is 4.93. The first-order valence-electron chi connectivity index (χ1n) is 13.9. The number of aryl methyl sites for hydroxylation is 2. The average Bonchev–Trinajstić information content (AvgIpc) is 3.62. The molecule has 2 aromatic carbocycles. The summed E-state index contributed by atoms with van der Waals surface area (Å²) >= 11 is 1.65. The van der Waals surface area contributed by atoms with Crippen molar-refractivity contribution in [3.8, 4) is 11.5 Å². The Hall–Kier alpha value is -3.40. The molecule has 0 unspecified atom stereocenters. The molecule has 9 heteroatoms. The van der Waals surface area contributed by atoms with Crippen molar-refractivity contribution in [2.45, 2.75) is 32.9 Å². The first-order valence-corrected chi connectivity index (χ1v) is 14.7. The molecule has 0 spiro atoms. The van der Waals surface area contributed by atoms with Gasteiger partial charge in [0.25, 0.3) is 0 Å². The fraction of sp³-hybridized carbons (Fsp3) is 0.419. The number of rotatable bonds is 12. The van der Waals surface area contributed by atoms with Crippen LogP contribution in [0.25, 0.3) is 0 Å². The Bertz CT molecular complexity index is 1270. The molecule has 1 aromatic heterocycles. The van der Waals surface area contributed by atoms with Crippen LogP contribution in [0.4, 0.5) is 0 Å². The number of nitrogens with zero attached hydrogens (tertiary/aromatic N) is 3. The zero-order valence-corrected chi connectivity index (χ0v) is 23.9. The molecule has 40 heavy (non-hydrogen) atoms. The van der Waals surface area contributed by atoms with Crippen molar-refractivity contribution >= 4 is 23.2 Å². The van der Waals surface area contributed by atoms with E-state index < -0.39 is 0 Å². The number of hydrogen-bond donors (Lipinski definition) is 0. The highest BCUT2D eigenvalue weighted by atomic mass is 32.1. The van der Waals surface area contributed by atoms with Crippen LogP contribution in [-0.4, -0.2) is 79.2 Å². The molecule has 0 atom stereocenters. The lowest BCUT2D eigenvalue weighted by Gasteiger charge is -2.31. The highest BCUT2D eigenvalue weighted by Crippen LogP contribution is 2.33. The summed E-state index contributed by atoms with van der Waals surface area (Å²) in [6.45, 7) is 7.54. The van der Waals surface area contributed by atoms with Gasteiger partial charge in [-0.25, -0.2) is 0 Å². The van der Waals surface area contributed by atoms with Gasteiger partial charge in [0.05, 0.1) is 26.3 Å². The van der Waals surface area contributed by atoms with Gasteiger partial charge in [0.15, 0.2) is 11.5 Å². The molecule has 5 rings (SSSR count). The molecule has 0 bridgehead atoms. The first-order chi connectivity index (χ1) is 19.5. The number of morpholine rings is 1. The van der Waals surface area contributed by atoms with Crippen molar-refractivity contribution in [2.24, 2.45) is 0 Å². The van der Waals surface area contributed by atoms with Crippen LogP contribution in [0.3, 0.4) is 0 Å². The molecule has 3 aromatic rings. The number of carbonyl (C=O) groups is 2. The van der Waals surface area contributed by atoms with E-state index in [-0.39, 0.29) is 25.2 Å². The predicted molar refractivity (Wildman–Crippen MR) is 154 cm³/mol. The third-order valence-corrected chi connectivity index (χ3v) is 8.41. The number of carbonyl (C=O) groups excluding carboxylic acids is 2. The monoisotopic (exact) mass is 563 g/mol. The standard InChI is InChI=1S/C31H37N3O5S/c1-24-11-18-40-29(24)21-34(20-26-7-9-27-28(19-26)39-23-38-27)31(36)22-33(13-12-32-14-16-37-17-15-32)30(35)10-8-25-5-3-2-4-6-25/h2-7,9,11,18-19H,8,10,12-17,20-23H2,1H3. The normalized spacial score (nSPS) is 14.7.